The van der Waals surface area contributed by atoms with Gasteiger partial charge >= 0.3 is 0 Å². The maximum Gasteiger partial charge on any atom is 0.142 e. The van der Waals surface area contributed by atoms with E-state index >= 15 is 0 Å². The van der Waals surface area contributed by atoms with Crippen molar-refractivity contribution in [2.45, 2.75) is 20.8 Å². The molecule has 5 heteroatoms. The predicted molar refractivity (Wildman–Crippen MR) is 204 cm³/mol. The number of aromatic nitrogens is 4. The fourth-order valence-corrected chi connectivity index (χ4v) is 6.61. The molecule has 0 saturated heterocycles. The molecule has 0 spiro atoms. The first-order valence-electron chi connectivity index (χ1n) is 16.4. The third-order valence-electron chi connectivity index (χ3n) is 9.16. The van der Waals surface area contributed by atoms with E-state index in [0.717, 1.165) is 90.1 Å². The van der Waals surface area contributed by atoms with Gasteiger partial charge in [-0.25, -0.2) is 9.97 Å². The highest BCUT2D eigenvalue weighted by atomic mass is 16.1. The molecule has 5 nitrogen and oxygen atoms in total. The van der Waals surface area contributed by atoms with Gasteiger partial charge in [0.15, 0.2) is 0 Å². The quantitative estimate of drug-likeness (QED) is 0.146. The lowest BCUT2D eigenvalue weighted by Crippen LogP contribution is -1.90. The smallest absolute Gasteiger partial charge is 0.142 e. The standard InChI is InChI=1S/C44H34N4O/c1-27-6-12-30(13-7-27)42-36-20-18-34(45-36)33(5-4-26-49)35-19-21-37(46-35)43(31-14-8-28(2)9-15-31)39-23-25-41(48-39)44(40-24-22-38(42)47-40)32-16-10-29(3)11-17-32/h4-26,47-48H,1-3H3. The topological polar surface area (TPSA) is 74.4 Å². The van der Waals surface area contributed by atoms with E-state index in [0.29, 0.717) is 0 Å². The largest absolute Gasteiger partial charge is 0.354 e. The second kappa shape index (κ2) is 12.4. The lowest BCUT2D eigenvalue weighted by atomic mass is 10.0. The van der Waals surface area contributed by atoms with Crippen molar-refractivity contribution in [1.29, 1.82) is 0 Å². The minimum absolute atomic E-state index is 0.743. The monoisotopic (exact) mass is 634 g/mol. The van der Waals surface area contributed by atoms with Gasteiger partial charge in [-0.1, -0.05) is 89.5 Å². The zero-order valence-electron chi connectivity index (χ0n) is 27.6. The number of nitrogens with one attached hydrogen (secondary N) is 2. The molecular formula is C44H34N4O. The molecule has 5 heterocycles. The number of nitrogens with zero attached hydrogens (tertiary/aromatic N) is 2. The number of aryl methyl sites for hydroxylation is 3. The number of allylic oxidation sites excluding steroid dienone is 1. The summed E-state index contributed by atoms with van der Waals surface area (Å²) in [7, 11) is 0. The average molecular weight is 635 g/mol. The van der Waals surface area contributed by atoms with Crippen LogP contribution in [0.5, 0.6) is 0 Å². The lowest BCUT2D eigenvalue weighted by molar-refractivity contribution is -0.104. The van der Waals surface area contributed by atoms with E-state index in [-0.39, 0.29) is 0 Å². The summed E-state index contributed by atoms with van der Waals surface area (Å²) in [6, 6.07) is 34.3. The molecule has 2 aliphatic heterocycles. The molecular weight excluding hydrogens is 601 g/mol. The Morgan fingerprint density at radius 2 is 0.796 bits per heavy atom. The van der Waals surface area contributed by atoms with Crippen LogP contribution in [0.15, 0.2) is 103 Å². The first-order chi connectivity index (χ1) is 23.9. The first kappa shape index (κ1) is 30.0. The summed E-state index contributed by atoms with van der Waals surface area (Å²) < 4.78 is 0. The van der Waals surface area contributed by atoms with Crippen LogP contribution in [-0.2, 0) is 4.79 Å². The van der Waals surface area contributed by atoms with Crippen LogP contribution in [0.4, 0.5) is 0 Å². The Hall–Kier alpha value is -6.33. The molecule has 0 fully saturated rings. The molecule has 3 aromatic heterocycles. The van der Waals surface area contributed by atoms with Crippen LogP contribution in [0.2, 0.25) is 0 Å². The van der Waals surface area contributed by atoms with E-state index in [2.05, 4.69) is 128 Å². The predicted octanol–water partition coefficient (Wildman–Crippen LogP) is 10.8. The summed E-state index contributed by atoms with van der Waals surface area (Å²) in [4.78, 5) is 29.5. The molecule has 6 aromatic rings. The van der Waals surface area contributed by atoms with Crippen LogP contribution in [0, 0.1) is 20.8 Å². The summed E-state index contributed by atoms with van der Waals surface area (Å²) in [6.07, 6.45) is 12.2. The number of aromatic amines is 2. The molecule has 2 aliphatic rings. The minimum Gasteiger partial charge on any atom is -0.354 e. The van der Waals surface area contributed by atoms with Crippen molar-refractivity contribution in [2.24, 2.45) is 0 Å². The SMILES string of the molecule is Cc1ccc(-c2c3nc(c(C=CC=O)c4nc(c(-c5ccc(C)cc5)c5ccc([nH]5)c(-c5ccc(C)cc5)c5ccc2[nH]5)C=C4)C=C3)cc1. The van der Waals surface area contributed by atoms with Crippen molar-refractivity contribution in [1.82, 2.24) is 19.9 Å². The highest BCUT2D eigenvalue weighted by Crippen LogP contribution is 2.36. The first-order valence-corrected chi connectivity index (χ1v) is 16.4. The Balaban J connectivity index is 1.56. The van der Waals surface area contributed by atoms with E-state index in [1.165, 1.54) is 22.8 Å². The van der Waals surface area contributed by atoms with Gasteiger partial charge < -0.3 is 9.97 Å². The molecule has 8 rings (SSSR count). The highest BCUT2D eigenvalue weighted by Gasteiger charge is 2.17. The third kappa shape index (κ3) is 5.66. The molecule has 2 N–H and O–H groups in total. The molecule has 0 radical (unpaired) electrons. The van der Waals surface area contributed by atoms with Gasteiger partial charge in [0.05, 0.1) is 22.8 Å². The number of carbonyl (C=O) groups excluding carboxylic acids is 1. The number of hydrogen-bond donors (Lipinski definition) is 2. The maximum atomic E-state index is 11.6. The van der Waals surface area contributed by atoms with Crippen molar-refractivity contribution < 1.29 is 4.79 Å². The Morgan fingerprint density at radius 1 is 0.449 bits per heavy atom. The fourth-order valence-electron chi connectivity index (χ4n) is 6.61. The zero-order valence-corrected chi connectivity index (χ0v) is 27.6. The van der Waals surface area contributed by atoms with Crippen molar-refractivity contribution >= 4 is 58.7 Å². The third-order valence-corrected chi connectivity index (χ3v) is 9.16. The lowest BCUT2D eigenvalue weighted by Gasteiger charge is -2.07. The van der Waals surface area contributed by atoms with Crippen LogP contribution < -0.4 is 0 Å². The highest BCUT2D eigenvalue weighted by molar-refractivity contribution is 5.99. The van der Waals surface area contributed by atoms with Gasteiger partial charge in [0.1, 0.15) is 6.29 Å². The van der Waals surface area contributed by atoms with Gasteiger partial charge in [-0.3, -0.25) is 4.79 Å². The molecule has 236 valence electrons. The van der Waals surface area contributed by atoms with E-state index in [1.807, 2.05) is 24.3 Å². The zero-order chi connectivity index (χ0) is 33.5. The van der Waals surface area contributed by atoms with Gasteiger partial charge in [-0.05, 0) is 98.2 Å². The number of benzene rings is 3. The van der Waals surface area contributed by atoms with Gasteiger partial charge in [-0.2, -0.15) is 0 Å². The molecule has 0 saturated carbocycles. The summed E-state index contributed by atoms with van der Waals surface area (Å²) in [5, 5.41) is 0. The number of fused-ring (bicyclic) bond motifs is 8. The number of aldehydes is 1. The number of H-pyrrole nitrogens is 2. The Kier molecular flexibility index (Phi) is 7.58. The normalized spacial score (nSPS) is 12.2. The Bertz CT molecular complexity index is 2360. The van der Waals surface area contributed by atoms with E-state index in [4.69, 9.17) is 9.97 Å². The van der Waals surface area contributed by atoms with Gasteiger partial charge in [0, 0.05) is 44.3 Å². The van der Waals surface area contributed by atoms with Crippen molar-refractivity contribution in [3.05, 3.63) is 148 Å². The van der Waals surface area contributed by atoms with Gasteiger partial charge in [0.25, 0.3) is 0 Å². The van der Waals surface area contributed by atoms with Crippen LogP contribution in [0.1, 0.15) is 45.0 Å². The number of rotatable bonds is 5. The maximum absolute atomic E-state index is 11.6. The summed E-state index contributed by atoms with van der Waals surface area (Å²) in [6.45, 7) is 6.30. The Labute approximate surface area is 285 Å². The molecule has 0 amide bonds. The molecule has 0 aliphatic carbocycles. The Morgan fingerprint density at radius 3 is 1.18 bits per heavy atom. The second-order valence-electron chi connectivity index (χ2n) is 12.6. The van der Waals surface area contributed by atoms with E-state index < -0.39 is 0 Å². The van der Waals surface area contributed by atoms with Crippen molar-refractivity contribution in [3.63, 3.8) is 0 Å². The van der Waals surface area contributed by atoms with Gasteiger partial charge in [-0.15, -0.1) is 0 Å². The van der Waals surface area contributed by atoms with Crippen LogP contribution >= 0.6 is 0 Å². The molecule has 0 unspecified atom stereocenters. The van der Waals surface area contributed by atoms with Crippen LogP contribution in [0.3, 0.4) is 0 Å². The summed E-state index contributed by atoms with van der Waals surface area (Å²) >= 11 is 0. The van der Waals surface area contributed by atoms with Crippen LogP contribution in [-0.4, -0.2) is 26.2 Å². The summed E-state index contributed by atoms with van der Waals surface area (Å²) in [5.74, 6) is 0. The molecule has 8 bridgehead atoms. The van der Waals surface area contributed by atoms with Crippen molar-refractivity contribution in [3.8, 4) is 33.4 Å². The number of hydrogen-bond acceptors (Lipinski definition) is 3. The minimum atomic E-state index is 0.743. The molecule has 49 heavy (non-hydrogen) atoms. The summed E-state index contributed by atoms with van der Waals surface area (Å²) in [5.41, 5.74) is 17.6. The second-order valence-corrected chi connectivity index (χ2v) is 12.6. The van der Waals surface area contributed by atoms with Crippen molar-refractivity contribution in [2.75, 3.05) is 0 Å². The molecule has 3 aromatic carbocycles. The average Bonchev–Trinajstić information content (AvgIpc) is 3.94. The van der Waals surface area contributed by atoms with E-state index in [9.17, 15) is 4.79 Å². The van der Waals surface area contributed by atoms with E-state index in [1.54, 1.807) is 6.08 Å². The van der Waals surface area contributed by atoms with Crippen LogP contribution in [0.25, 0.3) is 85.8 Å². The number of carbonyl (C=O) groups is 1. The fraction of sp³-hybridized carbons (Fsp3) is 0.0682. The van der Waals surface area contributed by atoms with Gasteiger partial charge in [0.2, 0.25) is 0 Å². The molecule has 0 atom stereocenters.